The van der Waals surface area contributed by atoms with Crippen molar-refractivity contribution < 1.29 is 28.7 Å². The second-order valence-corrected chi connectivity index (χ2v) is 9.84. The highest BCUT2D eigenvalue weighted by atomic mass is 16.6. The molecule has 1 aromatic carbocycles. The summed E-state index contributed by atoms with van der Waals surface area (Å²) in [5.41, 5.74) is -0.606. The van der Waals surface area contributed by atoms with Gasteiger partial charge in [0, 0.05) is 38.7 Å². The molecule has 0 saturated carbocycles. The molecule has 1 aliphatic rings. The summed E-state index contributed by atoms with van der Waals surface area (Å²) in [4.78, 5) is 66.3. The second-order valence-electron chi connectivity index (χ2n) is 9.84. The quantitative estimate of drug-likeness (QED) is 0.495. The van der Waals surface area contributed by atoms with E-state index in [-0.39, 0.29) is 51.3 Å². The smallest absolute Gasteiger partial charge is 0.409 e. The fraction of sp³-hybridized carbons (Fsp3) is 0.500. The molecule has 2 N–H and O–H groups in total. The number of carbonyl (C=O) groups excluding carboxylic acids is 4. The van der Waals surface area contributed by atoms with E-state index in [1.807, 2.05) is 0 Å². The van der Waals surface area contributed by atoms with Gasteiger partial charge < -0.3 is 24.6 Å². The summed E-state index contributed by atoms with van der Waals surface area (Å²) in [5, 5.41) is 5.43. The monoisotopic (exact) mass is 529 g/mol. The lowest BCUT2D eigenvalue weighted by molar-refractivity contribution is -0.155. The number of carbonyl (C=O) groups is 4. The SMILES string of the molecule is CCOC(=O)N1CCN(C(=O)C(CCC(=O)OC(C)(C)C)NC(=O)c2cc(=O)n(-c3ccccc3)[nH]2)CC1. The summed E-state index contributed by atoms with van der Waals surface area (Å²) in [6.45, 7) is 8.26. The molecule has 2 aromatic rings. The van der Waals surface area contributed by atoms with Crippen molar-refractivity contribution in [2.75, 3.05) is 32.8 Å². The lowest BCUT2D eigenvalue weighted by Gasteiger charge is -2.36. The van der Waals surface area contributed by atoms with E-state index >= 15 is 0 Å². The number of amides is 3. The van der Waals surface area contributed by atoms with Gasteiger partial charge in [0.05, 0.1) is 12.3 Å². The molecule has 1 aromatic heterocycles. The van der Waals surface area contributed by atoms with Crippen molar-refractivity contribution in [2.45, 2.75) is 52.2 Å². The maximum absolute atomic E-state index is 13.4. The van der Waals surface area contributed by atoms with Gasteiger partial charge in [-0.3, -0.25) is 24.3 Å². The van der Waals surface area contributed by atoms with Crippen molar-refractivity contribution in [1.29, 1.82) is 0 Å². The number of hydrogen-bond donors (Lipinski definition) is 2. The highest BCUT2D eigenvalue weighted by Gasteiger charge is 2.32. The van der Waals surface area contributed by atoms with Crippen LogP contribution in [0, 0.1) is 0 Å². The third-order valence-electron chi connectivity index (χ3n) is 5.76. The number of nitrogens with one attached hydrogen (secondary N) is 2. The van der Waals surface area contributed by atoms with E-state index in [0.29, 0.717) is 5.69 Å². The minimum Gasteiger partial charge on any atom is -0.460 e. The van der Waals surface area contributed by atoms with E-state index in [0.717, 1.165) is 6.07 Å². The van der Waals surface area contributed by atoms with Gasteiger partial charge in [-0.05, 0) is 46.2 Å². The Morgan fingerprint density at radius 2 is 1.66 bits per heavy atom. The van der Waals surface area contributed by atoms with Gasteiger partial charge in [-0.1, -0.05) is 18.2 Å². The molecular weight excluding hydrogens is 494 g/mol. The minimum atomic E-state index is -1.05. The molecule has 0 radical (unpaired) electrons. The van der Waals surface area contributed by atoms with Crippen molar-refractivity contribution in [1.82, 2.24) is 24.9 Å². The van der Waals surface area contributed by atoms with Crippen molar-refractivity contribution in [3.05, 3.63) is 52.4 Å². The van der Waals surface area contributed by atoms with Crippen LogP contribution in [0.5, 0.6) is 0 Å². The van der Waals surface area contributed by atoms with Crippen LogP contribution in [-0.4, -0.2) is 87.9 Å². The Morgan fingerprint density at radius 1 is 1.03 bits per heavy atom. The normalized spacial score (nSPS) is 14.5. The molecular formula is C26H35N5O7. The van der Waals surface area contributed by atoms with Crippen molar-refractivity contribution in [3.8, 4) is 5.69 Å². The van der Waals surface area contributed by atoms with Crippen molar-refractivity contribution in [2.24, 2.45) is 0 Å². The fourth-order valence-corrected chi connectivity index (χ4v) is 3.97. The Kier molecular flexibility index (Phi) is 9.32. The summed E-state index contributed by atoms with van der Waals surface area (Å²) in [6, 6.07) is 8.85. The van der Waals surface area contributed by atoms with Crippen LogP contribution in [0.4, 0.5) is 4.79 Å². The van der Waals surface area contributed by atoms with Gasteiger partial charge in [0.1, 0.15) is 17.3 Å². The predicted octanol–water partition coefficient (Wildman–Crippen LogP) is 1.69. The van der Waals surface area contributed by atoms with Crippen LogP contribution in [0.2, 0.25) is 0 Å². The Balaban J connectivity index is 1.73. The largest absolute Gasteiger partial charge is 0.460 e. The molecule has 2 heterocycles. The molecule has 3 amide bonds. The maximum Gasteiger partial charge on any atom is 0.409 e. The standard InChI is InChI=1S/C26H35N5O7/c1-5-37-25(36)30-15-13-29(14-16-30)24(35)19(11-12-22(33)38-26(2,3)4)27-23(34)20-17-21(32)31(28-20)18-9-7-6-8-10-18/h6-10,17,19,28H,5,11-16H2,1-4H3,(H,27,34). The molecule has 38 heavy (non-hydrogen) atoms. The van der Waals surface area contributed by atoms with E-state index in [2.05, 4.69) is 10.4 Å². The summed E-state index contributed by atoms with van der Waals surface area (Å²) >= 11 is 0. The lowest BCUT2D eigenvalue weighted by Crippen LogP contribution is -2.56. The fourth-order valence-electron chi connectivity index (χ4n) is 3.97. The molecule has 12 heteroatoms. The first-order valence-electron chi connectivity index (χ1n) is 12.6. The van der Waals surface area contributed by atoms with E-state index in [9.17, 15) is 24.0 Å². The Labute approximate surface area is 220 Å². The number of aromatic nitrogens is 2. The summed E-state index contributed by atoms with van der Waals surface area (Å²) in [7, 11) is 0. The maximum atomic E-state index is 13.4. The van der Waals surface area contributed by atoms with Gasteiger partial charge >= 0.3 is 12.1 Å². The van der Waals surface area contributed by atoms with E-state index < -0.39 is 41.1 Å². The molecule has 1 fully saturated rings. The molecule has 0 bridgehead atoms. The molecule has 0 spiro atoms. The van der Waals surface area contributed by atoms with Crippen LogP contribution in [0.3, 0.4) is 0 Å². The minimum absolute atomic E-state index is 0.00119. The number of hydrogen-bond acceptors (Lipinski definition) is 7. The van der Waals surface area contributed by atoms with Crippen molar-refractivity contribution in [3.63, 3.8) is 0 Å². The van der Waals surface area contributed by atoms with Crippen LogP contribution in [0.25, 0.3) is 5.69 Å². The van der Waals surface area contributed by atoms with Crippen molar-refractivity contribution >= 4 is 23.9 Å². The molecule has 1 aliphatic heterocycles. The summed E-state index contributed by atoms with van der Waals surface area (Å²) < 4.78 is 11.6. The van der Waals surface area contributed by atoms with Gasteiger partial charge in [-0.2, -0.15) is 0 Å². The van der Waals surface area contributed by atoms with Gasteiger partial charge in [0.25, 0.3) is 11.5 Å². The number of para-hydroxylation sites is 1. The van der Waals surface area contributed by atoms with Gasteiger partial charge in [0.2, 0.25) is 5.91 Å². The van der Waals surface area contributed by atoms with E-state index in [1.54, 1.807) is 58.0 Å². The van der Waals surface area contributed by atoms with Crippen LogP contribution in [-0.2, 0) is 19.1 Å². The molecule has 0 aliphatic carbocycles. The lowest BCUT2D eigenvalue weighted by atomic mass is 10.1. The average Bonchev–Trinajstić information content (AvgIpc) is 3.27. The van der Waals surface area contributed by atoms with Gasteiger partial charge in [-0.25, -0.2) is 9.48 Å². The molecule has 12 nitrogen and oxygen atoms in total. The van der Waals surface area contributed by atoms with Crippen LogP contribution >= 0.6 is 0 Å². The first kappa shape index (κ1) is 28.5. The van der Waals surface area contributed by atoms with Crippen LogP contribution in [0.1, 0.15) is 51.0 Å². The van der Waals surface area contributed by atoms with E-state index in [1.165, 1.54) is 14.5 Å². The first-order valence-corrected chi connectivity index (χ1v) is 12.6. The molecule has 3 rings (SSSR count). The zero-order valence-electron chi connectivity index (χ0n) is 22.2. The average molecular weight is 530 g/mol. The number of rotatable bonds is 8. The number of esters is 1. The number of nitrogens with zero attached hydrogens (tertiary/aromatic N) is 3. The summed E-state index contributed by atoms with van der Waals surface area (Å²) in [5.74, 6) is -1.56. The third-order valence-corrected chi connectivity index (χ3v) is 5.76. The second kappa shape index (κ2) is 12.4. The Hall–Kier alpha value is -4.09. The predicted molar refractivity (Wildman–Crippen MR) is 138 cm³/mol. The summed E-state index contributed by atoms with van der Waals surface area (Å²) in [6.07, 6.45) is -0.541. The first-order chi connectivity index (χ1) is 18.0. The molecule has 1 atom stereocenters. The number of ether oxygens (including phenoxy) is 2. The van der Waals surface area contributed by atoms with Gasteiger partial charge in [0.15, 0.2) is 0 Å². The number of H-pyrrole nitrogens is 1. The number of benzene rings is 1. The highest BCUT2D eigenvalue weighted by Crippen LogP contribution is 2.13. The van der Waals surface area contributed by atoms with Gasteiger partial charge in [-0.15, -0.1) is 0 Å². The zero-order valence-corrected chi connectivity index (χ0v) is 22.2. The Bertz CT molecular complexity index is 1190. The van der Waals surface area contributed by atoms with Crippen LogP contribution < -0.4 is 10.9 Å². The topological polar surface area (TPSA) is 143 Å². The Morgan fingerprint density at radius 3 is 2.26 bits per heavy atom. The van der Waals surface area contributed by atoms with E-state index in [4.69, 9.17) is 9.47 Å². The number of piperazine rings is 1. The highest BCUT2D eigenvalue weighted by molar-refractivity contribution is 5.96. The molecule has 1 unspecified atom stereocenters. The zero-order chi connectivity index (χ0) is 27.9. The number of aromatic amines is 1. The molecule has 1 saturated heterocycles. The third kappa shape index (κ3) is 7.70. The molecule has 206 valence electrons. The van der Waals surface area contributed by atoms with Crippen LogP contribution in [0.15, 0.2) is 41.2 Å².